The second-order valence-electron chi connectivity index (χ2n) is 7.38. The highest BCUT2D eigenvalue weighted by Gasteiger charge is 2.40. The van der Waals surface area contributed by atoms with Gasteiger partial charge in [-0.15, -0.1) is 0 Å². The van der Waals surface area contributed by atoms with E-state index < -0.39 is 5.25 Å². The van der Waals surface area contributed by atoms with Crippen LogP contribution in [0.15, 0.2) is 82.3 Å². The van der Waals surface area contributed by atoms with Crippen LogP contribution < -0.4 is 4.90 Å². The number of halogens is 1. The minimum absolute atomic E-state index is 0.0553. The zero-order valence-electron chi connectivity index (χ0n) is 17.2. The molecular formula is C25H21BrN2O2S. The molecule has 4 rings (SSSR count). The van der Waals surface area contributed by atoms with Gasteiger partial charge in [0.1, 0.15) is 0 Å². The Morgan fingerprint density at radius 3 is 2.29 bits per heavy atom. The molecule has 0 aromatic heterocycles. The normalized spacial score (nSPS) is 17.4. The highest BCUT2D eigenvalue weighted by molar-refractivity contribution is 9.10. The van der Waals surface area contributed by atoms with Crippen molar-refractivity contribution >= 4 is 55.9 Å². The monoisotopic (exact) mass is 492 g/mol. The van der Waals surface area contributed by atoms with Gasteiger partial charge in [-0.3, -0.25) is 14.5 Å². The lowest BCUT2D eigenvalue weighted by Crippen LogP contribution is -2.33. The topological polar surface area (TPSA) is 49.7 Å². The average Bonchev–Trinajstić information content (AvgIpc) is 3.05. The number of hydrogen-bond acceptors (Lipinski definition) is 4. The van der Waals surface area contributed by atoms with Crippen molar-refractivity contribution in [3.63, 3.8) is 0 Å². The minimum Gasteiger partial charge on any atom is -0.294 e. The van der Waals surface area contributed by atoms with E-state index in [1.165, 1.54) is 11.8 Å². The maximum absolute atomic E-state index is 13.4. The number of nitrogens with zero attached hydrogens (tertiary/aromatic N) is 2. The van der Waals surface area contributed by atoms with Crippen molar-refractivity contribution in [2.24, 2.45) is 4.99 Å². The summed E-state index contributed by atoms with van der Waals surface area (Å²) in [4.78, 5) is 32.8. The number of benzene rings is 3. The lowest BCUT2D eigenvalue weighted by Gasteiger charge is -2.19. The highest BCUT2D eigenvalue weighted by atomic mass is 79.9. The molecule has 156 valence electrons. The molecule has 1 aliphatic heterocycles. The van der Waals surface area contributed by atoms with Gasteiger partial charge in [0.05, 0.1) is 16.6 Å². The van der Waals surface area contributed by atoms with Gasteiger partial charge in [0, 0.05) is 16.5 Å². The van der Waals surface area contributed by atoms with Crippen LogP contribution in [0.3, 0.4) is 0 Å². The van der Waals surface area contributed by atoms with Crippen molar-refractivity contribution in [3.05, 3.63) is 94.0 Å². The van der Waals surface area contributed by atoms with Crippen LogP contribution in [-0.2, 0) is 4.79 Å². The number of ketones is 1. The van der Waals surface area contributed by atoms with Crippen LogP contribution >= 0.6 is 27.7 Å². The van der Waals surface area contributed by atoms with E-state index in [0.717, 1.165) is 27.0 Å². The van der Waals surface area contributed by atoms with Gasteiger partial charge in [0.15, 0.2) is 11.0 Å². The van der Waals surface area contributed by atoms with Crippen LogP contribution in [0.1, 0.15) is 27.9 Å². The fourth-order valence-corrected chi connectivity index (χ4v) is 4.83. The summed E-state index contributed by atoms with van der Waals surface area (Å²) in [5.74, 6) is -0.169. The Bertz CT molecular complexity index is 1170. The lowest BCUT2D eigenvalue weighted by atomic mass is 10.1. The molecule has 1 amide bonds. The van der Waals surface area contributed by atoms with Gasteiger partial charge < -0.3 is 0 Å². The Morgan fingerprint density at radius 2 is 1.61 bits per heavy atom. The molecule has 4 nitrogen and oxygen atoms in total. The van der Waals surface area contributed by atoms with Crippen LogP contribution in [0.4, 0.5) is 11.4 Å². The average molecular weight is 493 g/mol. The highest BCUT2D eigenvalue weighted by Crippen LogP contribution is 2.37. The third-order valence-electron chi connectivity index (χ3n) is 5.16. The van der Waals surface area contributed by atoms with Crippen molar-refractivity contribution in [1.29, 1.82) is 0 Å². The molecule has 3 aromatic carbocycles. The summed E-state index contributed by atoms with van der Waals surface area (Å²) in [6, 6.07) is 22.8. The van der Waals surface area contributed by atoms with Gasteiger partial charge in [0.25, 0.3) is 0 Å². The van der Waals surface area contributed by atoms with Crippen molar-refractivity contribution in [2.45, 2.75) is 25.5 Å². The zero-order valence-corrected chi connectivity index (χ0v) is 19.6. The second-order valence-corrected chi connectivity index (χ2v) is 9.47. The largest absolute Gasteiger partial charge is 0.294 e. The predicted octanol–water partition coefficient (Wildman–Crippen LogP) is 6.48. The van der Waals surface area contributed by atoms with Gasteiger partial charge in [-0.1, -0.05) is 76.2 Å². The number of rotatable bonds is 5. The molecule has 0 saturated carbocycles. The number of aliphatic imine (C=N–C) groups is 1. The van der Waals surface area contributed by atoms with E-state index in [0.29, 0.717) is 10.7 Å². The summed E-state index contributed by atoms with van der Waals surface area (Å²) >= 11 is 4.74. The first-order valence-corrected chi connectivity index (χ1v) is 11.6. The number of carbonyl (C=O) groups is 2. The molecule has 31 heavy (non-hydrogen) atoms. The minimum atomic E-state index is -0.515. The summed E-state index contributed by atoms with van der Waals surface area (Å²) < 4.78 is 0.911. The molecule has 1 heterocycles. The zero-order chi connectivity index (χ0) is 22.0. The molecule has 0 N–H and O–H groups in total. The molecule has 1 aliphatic rings. The van der Waals surface area contributed by atoms with Gasteiger partial charge in [-0.25, -0.2) is 4.99 Å². The third kappa shape index (κ3) is 4.65. The van der Waals surface area contributed by atoms with Gasteiger partial charge >= 0.3 is 0 Å². The predicted molar refractivity (Wildman–Crippen MR) is 131 cm³/mol. The molecule has 0 spiro atoms. The maximum Gasteiger partial charge on any atom is 0.247 e. The summed E-state index contributed by atoms with van der Waals surface area (Å²) in [7, 11) is 0. The van der Waals surface area contributed by atoms with Crippen LogP contribution in [0, 0.1) is 13.8 Å². The smallest absolute Gasteiger partial charge is 0.247 e. The number of para-hydroxylation sites is 2. The summed E-state index contributed by atoms with van der Waals surface area (Å²) in [5, 5.41) is 0.0840. The van der Waals surface area contributed by atoms with Crippen molar-refractivity contribution in [1.82, 2.24) is 0 Å². The fourth-order valence-electron chi connectivity index (χ4n) is 3.42. The van der Waals surface area contributed by atoms with E-state index in [1.54, 1.807) is 17.0 Å². The van der Waals surface area contributed by atoms with Gasteiger partial charge in [-0.05, 0) is 49.2 Å². The molecular weight excluding hydrogens is 472 g/mol. The Kier molecular flexibility index (Phi) is 6.39. The quantitative estimate of drug-likeness (QED) is 0.383. The van der Waals surface area contributed by atoms with Crippen LogP contribution in [0.5, 0.6) is 0 Å². The van der Waals surface area contributed by atoms with E-state index in [4.69, 9.17) is 4.99 Å². The van der Waals surface area contributed by atoms with Crippen molar-refractivity contribution in [3.8, 4) is 0 Å². The maximum atomic E-state index is 13.4. The molecule has 1 fully saturated rings. The number of amides is 1. The number of anilines is 1. The van der Waals surface area contributed by atoms with Crippen LogP contribution in [0.25, 0.3) is 0 Å². The van der Waals surface area contributed by atoms with E-state index in [2.05, 4.69) is 15.9 Å². The van der Waals surface area contributed by atoms with E-state index in [9.17, 15) is 9.59 Å². The lowest BCUT2D eigenvalue weighted by molar-refractivity contribution is -0.116. The molecule has 6 heteroatoms. The standard InChI is InChI=1S/C25H21BrN2O2S/c1-16-7-3-5-9-20(16)27-25-28(21-10-6-4-8-17(21)2)24(30)23(31-25)15-22(29)18-11-13-19(26)14-12-18/h3-14,23H,15H2,1-2H3. The number of aryl methyl sites for hydroxylation is 2. The number of Topliss-reactive ketones (excluding diaryl/α,β-unsaturated/α-hetero) is 1. The Morgan fingerprint density at radius 1 is 0.968 bits per heavy atom. The molecule has 1 atom stereocenters. The second kappa shape index (κ2) is 9.20. The Balaban J connectivity index is 1.69. The van der Waals surface area contributed by atoms with E-state index >= 15 is 0 Å². The third-order valence-corrected chi connectivity index (χ3v) is 6.83. The van der Waals surface area contributed by atoms with Gasteiger partial charge in [-0.2, -0.15) is 0 Å². The molecule has 1 unspecified atom stereocenters. The SMILES string of the molecule is Cc1ccccc1N=C1SC(CC(=O)c2ccc(Br)cc2)C(=O)N1c1ccccc1C. The Labute approximate surface area is 194 Å². The number of amidine groups is 1. The number of hydrogen-bond donors (Lipinski definition) is 0. The first kappa shape index (κ1) is 21.5. The van der Waals surface area contributed by atoms with E-state index in [1.807, 2.05) is 74.5 Å². The van der Waals surface area contributed by atoms with Crippen LogP contribution in [-0.4, -0.2) is 22.1 Å². The fraction of sp³-hybridized carbons (Fsp3) is 0.160. The number of carbonyl (C=O) groups excluding carboxylic acids is 2. The summed E-state index contributed by atoms with van der Waals surface area (Å²) in [5.41, 5.74) is 4.22. The number of thioether (sulfide) groups is 1. The van der Waals surface area contributed by atoms with E-state index in [-0.39, 0.29) is 18.1 Å². The van der Waals surface area contributed by atoms with Gasteiger partial charge in [0.2, 0.25) is 5.91 Å². The molecule has 3 aromatic rings. The molecule has 1 saturated heterocycles. The Hall–Kier alpha value is -2.70. The molecule has 0 aliphatic carbocycles. The molecule has 0 bridgehead atoms. The first-order valence-electron chi connectivity index (χ1n) is 9.93. The summed E-state index contributed by atoms with van der Waals surface area (Å²) in [6.07, 6.45) is 0.125. The molecule has 0 radical (unpaired) electrons. The summed E-state index contributed by atoms with van der Waals surface area (Å²) in [6.45, 7) is 3.96. The van der Waals surface area contributed by atoms with Crippen LogP contribution in [0.2, 0.25) is 0 Å². The first-order chi connectivity index (χ1) is 14.9. The van der Waals surface area contributed by atoms with Crippen molar-refractivity contribution in [2.75, 3.05) is 4.90 Å². The van der Waals surface area contributed by atoms with Crippen molar-refractivity contribution < 1.29 is 9.59 Å².